The molecule has 1 unspecified atom stereocenters. The number of nitrogen functional groups attached to an aromatic ring is 1. The molecule has 1 aliphatic rings. The van der Waals surface area contributed by atoms with Crippen LogP contribution in [-0.4, -0.2) is 35.6 Å². The van der Waals surface area contributed by atoms with E-state index in [1.54, 1.807) is 12.2 Å². The minimum absolute atomic E-state index is 0.00986. The van der Waals surface area contributed by atoms with Gasteiger partial charge < -0.3 is 15.4 Å². The molecule has 1 fully saturated rings. The van der Waals surface area contributed by atoms with Crippen molar-refractivity contribution in [1.82, 2.24) is 4.90 Å². The molecule has 1 aromatic carbocycles. The monoisotopic (exact) mass is 274 g/mol. The fourth-order valence-electron chi connectivity index (χ4n) is 2.56. The van der Waals surface area contributed by atoms with E-state index >= 15 is 0 Å². The second-order valence-electron chi connectivity index (χ2n) is 5.91. The molecule has 0 bridgehead atoms. The molecule has 1 heterocycles. The lowest BCUT2D eigenvalue weighted by atomic mass is 10.1. The van der Waals surface area contributed by atoms with E-state index in [4.69, 9.17) is 10.5 Å². The van der Waals surface area contributed by atoms with E-state index in [2.05, 4.69) is 0 Å². The van der Waals surface area contributed by atoms with Gasteiger partial charge >= 0.3 is 0 Å². The molecular weight excluding hydrogens is 252 g/mol. The molecule has 0 saturated carbocycles. The van der Waals surface area contributed by atoms with Crippen molar-refractivity contribution < 1.29 is 9.53 Å². The normalized spacial score (nSPS) is 22.1. The zero-order valence-electron chi connectivity index (χ0n) is 12.3. The average Bonchev–Trinajstić information content (AvgIpc) is 2.33. The van der Waals surface area contributed by atoms with Gasteiger partial charge in [-0.3, -0.25) is 4.79 Å². The number of morpholine rings is 1. The van der Waals surface area contributed by atoms with Crippen molar-refractivity contribution in [2.45, 2.75) is 32.5 Å². The minimum Gasteiger partial charge on any atom is -0.399 e. The summed E-state index contributed by atoms with van der Waals surface area (Å²) < 4.78 is 5.80. The van der Waals surface area contributed by atoms with Gasteiger partial charge in [-0.25, -0.2) is 0 Å². The Hall–Kier alpha value is -1.81. The summed E-state index contributed by atoms with van der Waals surface area (Å²) in [5.41, 5.74) is 7.05. The maximum atomic E-state index is 12.2. The Labute approximate surface area is 120 Å². The van der Waals surface area contributed by atoms with Gasteiger partial charge in [-0.2, -0.15) is 0 Å². The molecule has 2 N–H and O–H groups in total. The Bertz CT molecular complexity index is 523. The Morgan fingerprint density at radius 3 is 2.90 bits per heavy atom. The molecule has 4 heteroatoms. The lowest BCUT2D eigenvalue weighted by Crippen LogP contribution is -2.53. The van der Waals surface area contributed by atoms with Crippen LogP contribution in [0.1, 0.15) is 26.3 Å². The lowest BCUT2D eigenvalue weighted by Gasteiger charge is -2.41. The highest BCUT2D eigenvalue weighted by atomic mass is 16.5. The fourth-order valence-corrected chi connectivity index (χ4v) is 2.56. The van der Waals surface area contributed by atoms with Crippen LogP contribution in [0.4, 0.5) is 5.69 Å². The van der Waals surface area contributed by atoms with Gasteiger partial charge in [0.2, 0.25) is 5.91 Å². The van der Waals surface area contributed by atoms with E-state index in [0.717, 1.165) is 5.56 Å². The van der Waals surface area contributed by atoms with Crippen molar-refractivity contribution in [1.29, 1.82) is 0 Å². The van der Waals surface area contributed by atoms with E-state index in [9.17, 15) is 4.79 Å². The Kier molecular flexibility index (Phi) is 4.14. The number of benzene rings is 1. The number of hydrogen-bond donors (Lipinski definition) is 1. The number of hydrogen-bond acceptors (Lipinski definition) is 3. The van der Waals surface area contributed by atoms with Gasteiger partial charge in [-0.05, 0) is 44.5 Å². The highest BCUT2D eigenvalue weighted by Crippen LogP contribution is 2.21. The molecule has 4 nitrogen and oxygen atoms in total. The third kappa shape index (κ3) is 3.84. The number of amides is 1. The van der Waals surface area contributed by atoms with E-state index < -0.39 is 0 Å². The van der Waals surface area contributed by atoms with Crippen molar-refractivity contribution in [3.8, 4) is 0 Å². The topological polar surface area (TPSA) is 55.6 Å². The molecule has 0 spiro atoms. The highest BCUT2D eigenvalue weighted by Gasteiger charge is 2.32. The molecular formula is C16H22N2O2. The molecule has 0 radical (unpaired) electrons. The molecule has 0 aromatic heterocycles. The van der Waals surface area contributed by atoms with E-state index in [-0.39, 0.29) is 17.6 Å². The van der Waals surface area contributed by atoms with Gasteiger partial charge in [0.1, 0.15) is 0 Å². The number of nitrogens with two attached hydrogens (primary N) is 1. The molecule has 2 rings (SSSR count). The van der Waals surface area contributed by atoms with Gasteiger partial charge in [-0.15, -0.1) is 0 Å². The van der Waals surface area contributed by atoms with Crippen molar-refractivity contribution in [3.63, 3.8) is 0 Å². The Morgan fingerprint density at radius 1 is 1.50 bits per heavy atom. The first kappa shape index (κ1) is 14.6. The number of rotatable bonds is 2. The smallest absolute Gasteiger partial charge is 0.246 e. The molecule has 1 amide bonds. The van der Waals surface area contributed by atoms with Crippen LogP contribution in [0.2, 0.25) is 0 Å². The molecule has 20 heavy (non-hydrogen) atoms. The van der Waals surface area contributed by atoms with Gasteiger partial charge in [0.25, 0.3) is 0 Å². The zero-order valence-corrected chi connectivity index (χ0v) is 12.3. The second kappa shape index (κ2) is 5.67. The SMILES string of the molecule is CC1CN(C(=O)/C=C/c2cccc(N)c2)CC(C)(C)O1. The van der Waals surface area contributed by atoms with Crippen LogP contribution in [0, 0.1) is 0 Å². The second-order valence-corrected chi connectivity index (χ2v) is 5.91. The highest BCUT2D eigenvalue weighted by molar-refractivity contribution is 5.92. The summed E-state index contributed by atoms with van der Waals surface area (Å²) in [6, 6.07) is 7.46. The van der Waals surface area contributed by atoms with Crippen LogP contribution >= 0.6 is 0 Å². The van der Waals surface area contributed by atoms with E-state index in [1.807, 2.05) is 49.9 Å². The van der Waals surface area contributed by atoms with Gasteiger partial charge in [0.15, 0.2) is 0 Å². The summed E-state index contributed by atoms with van der Waals surface area (Å²) in [5, 5.41) is 0. The zero-order chi connectivity index (χ0) is 14.8. The number of carbonyl (C=O) groups excluding carboxylic acids is 1. The average molecular weight is 274 g/mol. The molecule has 1 aliphatic heterocycles. The fraction of sp³-hybridized carbons (Fsp3) is 0.438. The molecule has 108 valence electrons. The molecule has 0 aliphatic carbocycles. The van der Waals surface area contributed by atoms with Crippen molar-refractivity contribution in [3.05, 3.63) is 35.9 Å². The van der Waals surface area contributed by atoms with Gasteiger partial charge in [0.05, 0.1) is 11.7 Å². The largest absolute Gasteiger partial charge is 0.399 e. The maximum absolute atomic E-state index is 12.2. The Morgan fingerprint density at radius 2 is 2.25 bits per heavy atom. The predicted molar refractivity (Wildman–Crippen MR) is 81.1 cm³/mol. The lowest BCUT2D eigenvalue weighted by molar-refractivity contribution is -0.153. The van der Waals surface area contributed by atoms with Crippen LogP contribution in [0.15, 0.2) is 30.3 Å². The quantitative estimate of drug-likeness (QED) is 0.665. The first-order valence-corrected chi connectivity index (χ1v) is 6.86. The van der Waals surface area contributed by atoms with Crippen molar-refractivity contribution in [2.75, 3.05) is 18.8 Å². The number of anilines is 1. The van der Waals surface area contributed by atoms with Crippen LogP contribution < -0.4 is 5.73 Å². The summed E-state index contributed by atoms with van der Waals surface area (Å²) in [5.74, 6) is 0.00986. The summed E-state index contributed by atoms with van der Waals surface area (Å²) in [6.07, 6.45) is 3.46. The molecule has 1 aromatic rings. The predicted octanol–water partition coefficient (Wildman–Crippen LogP) is 2.31. The third-order valence-corrected chi connectivity index (χ3v) is 3.21. The minimum atomic E-state index is -0.293. The van der Waals surface area contributed by atoms with E-state index in [1.165, 1.54) is 0 Å². The number of nitrogens with zero attached hydrogens (tertiary/aromatic N) is 1. The van der Waals surface area contributed by atoms with Crippen molar-refractivity contribution in [2.24, 2.45) is 0 Å². The van der Waals surface area contributed by atoms with Crippen molar-refractivity contribution >= 4 is 17.7 Å². The summed E-state index contributed by atoms with van der Waals surface area (Å²) in [6.45, 7) is 7.23. The summed E-state index contributed by atoms with van der Waals surface area (Å²) in [7, 11) is 0. The summed E-state index contributed by atoms with van der Waals surface area (Å²) >= 11 is 0. The first-order valence-electron chi connectivity index (χ1n) is 6.86. The van der Waals surface area contributed by atoms with Gasteiger partial charge in [-0.1, -0.05) is 12.1 Å². The standard InChI is InChI=1S/C16H22N2O2/c1-12-10-18(11-16(2,3)20-12)15(19)8-7-13-5-4-6-14(17)9-13/h4-9,12H,10-11,17H2,1-3H3/b8-7+. The number of carbonyl (C=O) groups is 1. The van der Waals surface area contributed by atoms with Crippen LogP contribution in [0.25, 0.3) is 6.08 Å². The third-order valence-electron chi connectivity index (χ3n) is 3.21. The van der Waals surface area contributed by atoms with Crippen LogP contribution in [-0.2, 0) is 9.53 Å². The Balaban J connectivity index is 2.04. The summed E-state index contributed by atoms with van der Waals surface area (Å²) in [4.78, 5) is 14.1. The van der Waals surface area contributed by atoms with Crippen LogP contribution in [0.5, 0.6) is 0 Å². The molecule has 1 atom stereocenters. The molecule has 1 saturated heterocycles. The maximum Gasteiger partial charge on any atom is 0.246 e. The van der Waals surface area contributed by atoms with E-state index in [0.29, 0.717) is 18.8 Å². The van der Waals surface area contributed by atoms with Gasteiger partial charge in [0, 0.05) is 24.9 Å². The number of ether oxygens (including phenoxy) is 1. The van der Waals surface area contributed by atoms with Crippen LogP contribution in [0.3, 0.4) is 0 Å². The first-order chi connectivity index (χ1) is 9.35.